The second-order valence-corrected chi connectivity index (χ2v) is 4.58. The molecule has 0 aliphatic rings. The molecule has 0 amide bonds. The van der Waals surface area contributed by atoms with Crippen LogP contribution in [0.25, 0.3) is 0 Å². The molecule has 0 heterocycles. The summed E-state index contributed by atoms with van der Waals surface area (Å²) in [4.78, 5) is 24.1. The number of allylic oxidation sites excluding steroid dienone is 1. The van der Waals surface area contributed by atoms with Crippen LogP contribution >= 0.6 is 0 Å². The smallest absolute Gasteiger partial charge is 0.228 e. The molecule has 2 heteroatoms. The van der Waals surface area contributed by atoms with E-state index in [0.717, 1.165) is 5.56 Å². The monoisotopic (exact) mass is 264 g/mol. The van der Waals surface area contributed by atoms with Crippen molar-refractivity contribution in [2.24, 2.45) is 0 Å². The Morgan fingerprint density at radius 2 is 1.50 bits per heavy atom. The molecule has 100 valence electrons. The Morgan fingerprint density at radius 3 is 2.05 bits per heavy atom. The summed E-state index contributed by atoms with van der Waals surface area (Å²) in [5, 5.41) is 0. The minimum Gasteiger partial charge on any atom is -0.290 e. The maximum atomic E-state index is 12.1. The molecule has 0 saturated heterocycles. The molecule has 2 nitrogen and oxygen atoms in total. The van der Waals surface area contributed by atoms with E-state index in [1.807, 2.05) is 36.4 Å². The van der Waals surface area contributed by atoms with Crippen LogP contribution in [0.4, 0.5) is 0 Å². The molecule has 2 aromatic carbocycles. The molecule has 0 aliphatic heterocycles. The van der Waals surface area contributed by atoms with E-state index in [9.17, 15) is 9.59 Å². The number of Topliss-reactive ketones (excluding diaryl/α,β-unsaturated/α-hetero) is 2. The van der Waals surface area contributed by atoms with Gasteiger partial charge in [0.05, 0.1) is 0 Å². The third-order valence-electron chi connectivity index (χ3n) is 3.21. The molecule has 0 saturated carbocycles. The SMILES string of the molecule is C=CC(CC(=O)C(=O)c1ccccc1)c1ccccc1. The molecule has 0 aliphatic carbocycles. The Labute approximate surface area is 118 Å². The van der Waals surface area contributed by atoms with Gasteiger partial charge >= 0.3 is 0 Å². The Bertz CT molecular complexity index is 600. The average Bonchev–Trinajstić information content (AvgIpc) is 2.53. The van der Waals surface area contributed by atoms with Gasteiger partial charge in [-0.05, 0) is 5.56 Å². The molecule has 0 radical (unpaired) electrons. The molecule has 20 heavy (non-hydrogen) atoms. The van der Waals surface area contributed by atoms with Crippen LogP contribution < -0.4 is 0 Å². The average molecular weight is 264 g/mol. The predicted molar refractivity (Wildman–Crippen MR) is 79.8 cm³/mol. The lowest BCUT2D eigenvalue weighted by atomic mass is 9.91. The van der Waals surface area contributed by atoms with E-state index in [1.165, 1.54) is 0 Å². The van der Waals surface area contributed by atoms with Crippen LogP contribution in [-0.4, -0.2) is 11.6 Å². The fourth-order valence-electron chi connectivity index (χ4n) is 2.08. The number of rotatable bonds is 6. The fourth-order valence-corrected chi connectivity index (χ4v) is 2.08. The van der Waals surface area contributed by atoms with Crippen molar-refractivity contribution in [2.45, 2.75) is 12.3 Å². The molecule has 0 spiro atoms. The number of ketones is 2. The predicted octanol–water partition coefficient (Wildman–Crippen LogP) is 3.80. The van der Waals surface area contributed by atoms with Crippen molar-refractivity contribution >= 4 is 11.6 Å². The van der Waals surface area contributed by atoms with Crippen LogP contribution in [0.3, 0.4) is 0 Å². The second kappa shape index (κ2) is 6.62. The largest absolute Gasteiger partial charge is 0.290 e. The van der Waals surface area contributed by atoms with Gasteiger partial charge in [0.15, 0.2) is 0 Å². The molecule has 1 unspecified atom stereocenters. The Kier molecular flexibility index (Phi) is 4.61. The van der Waals surface area contributed by atoms with Gasteiger partial charge in [0.1, 0.15) is 0 Å². The first-order valence-electron chi connectivity index (χ1n) is 6.52. The van der Waals surface area contributed by atoms with E-state index in [0.29, 0.717) is 5.56 Å². The topological polar surface area (TPSA) is 34.1 Å². The van der Waals surface area contributed by atoms with Gasteiger partial charge in [-0.3, -0.25) is 9.59 Å². The maximum absolute atomic E-state index is 12.1. The molecule has 2 rings (SSSR count). The Balaban J connectivity index is 2.11. The van der Waals surface area contributed by atoms with E-state index in [-0.39, 0.29) is 18.1 Å². The highest BCUT2D eigenvalue weighted by Crippen LogP contribution is 2.21. The van der Waals surface area contributed by atoms with Gasteiger partial charge in [-0.1, -0.05) is 66.7 Å². The summed E-state index contributed by atoms with van der Waals surface area (Å²) in [6, 6.07) is 18.3. The number of carbonyl (C=O) groups excluding carboxylic acids is 2. The van der Waals surface area contributed by atoms with Crippen LogP contribution in [0.5, 0.6) is 0 Å². The molecule has 1 atom stereocenters. The summed E-state index contributed by atoms with van der Waals surface area (Å²) >= 11 is 0. The summed E-state index contributed by atoms with van der Waals surface area (Å²) in [5.74, 6) is -0.949. The van der Waals surface area contributed by atoms with Crippen molar-refractivity contribution in [1.29, 1.82) is 0 Å². The first kappa shape index (κ1) is 13.9. The van der Waals surface area contributed by atoms with Crippen LogP contribution in [0.15, 0.2) is 73.3 Å². The standard InChI is InChI=1S/C18H16O2/c1-2-14(15-9-5-3-6-10-15)13-17(19)18(20)16-11-7-4-8-12-16/h2-12,14H,1,13H2. The van der Waals surface area contributed by atoms with Gasteiger partial charge in [0.25, 0.3) is 0 Å². The van der Waals surface area contributed by atoms with E-state index >= 15 is 0 Å². The van der Waals surface area contributed by atoms with Crippen LogP contribution in [0, 0.1) is 0 Å². The molecule has 0 bridgehead atoms. The number of benzene rings is 2. The third kappa shape index (κ3) is 3.29. The highest BCUT2D eigenvalue weighted by molar-refractivity contribution is 6.43. The summed E-state index contributed by atoms with van der Waals surface area (Å²) in [5.41, 5.74) is 1.44. The lowest BCUT2D eigenvalue weighted by Gasteiger charge is -2.11. The minimum absolute atomic E-state index is 0.128. The molecule has 2 aromatic rings. The van der Waals surface area contributed by atoms with Crippen LogP contribution in [-0.2, 0) is 4.79 Å². The zero-order valence-corrected chi connectivity index (χ0v) is 11.2. The number of hydrogen-bond donors (Lipinski definition) is 0. The molecule has 0 N–H and O–H groups in total. The molecular weight excluding hydrogens is 248 g/mol. The summed E-state index contributed by atoms with van der Waals surface area (Å²) in [6.45, 7) is 3.76. The van der Waals surface area contributed by atoms with E-state index in [1.54, 1.807) is 30.3 Å². The van der Waals surface area contributed by atoms with Crippen molar-refractivity contribution in [2.75, 3.05) is 0 Å². The van der Waals surface area contributed by atoms with E-state index in [4.69, 9.17) is 0 Å². The summed E-state index contributed by atoms with van der Waals surface area (Å²) in [6.07, 6.45) is 1.87. The van der Waals surface area contributed by atoms with E-state index < -0.39 is 5.78 Å². The maximum Gasteiger partial charge on any atom is 0.228 e. The van der Waals surface area contributed by atoms with Gasteiger partial charge in [-0.25, -0.2) is 0 Å². The highest BCUT2D eigenvalue weighted by atomic mass is 16.2. The normalized spacial score (nSPS) is 11.6. The van der Waals surface area contributed by atoms with Gasteiger partial charge in [-0.15, -0.1) is 6.58 Å². The lowest BCUT2D eigenvalue weighted by molar-refractivity contribution is -0.115. The number of hydrogen-bond acceptors (Lipinski definition) is 2. The zero-order valence-electron chi connectivity index (χ0n) is 11.2. The minimum atomic E-state index is -0.437. The summed E-state index contributed by atoms with van der Waals surface area (Å²) in [7, 11) is 0. The summed E-state index contributed by atoms with van der Waals surface area (Å²) < 4.78 is 0. The molecular formula is C18H16O2. The first-order valence-corrected chi connectivity index (χ1v) is 6.52. The van der Waals surface area contributed by atoms with Crippen molar-refractivity contribution in [1.82, 2.24) is 0 Å². The van der Waals surface area contributed by atoms with Gasteiger partial charge in [0.2, 0.25) is 11.6 Å². The Morgan fingerprint density at radius 1 is 0.950 bits per heavy atom. The lowest BCUT2D eigenvalue weighted by Crippen LogP contribution is -2.16. The Hall–Kier alpha value is -2.48. The van der Waals surface area contributed by atoms with Gasteiger partial charge in [0, 0.05) is 17.9 Å². The van der Waals surface area contributed by atoms with Crippen molar-refractivity contribution in [3.63, 3.8) is 0 Å². The van der Waals surface area contributed by atoms with Gasteiger partial charge in [-0.2, -0.15) is 0 Å². The quantitative estimate of drug-likeness (QED) is 0.452. The van der Waals surface area contributed by atoms with Crippen LogP contribution in [0.2, 0.25) is 0 Å². The first-order chi connectivity index (χ1) is 9.72. The third-order valence-corrected chi connectivity index (χ3v) is 3.21. The van der Waals surface area contributed by atoms with Crippen LogP contribution in [0.1, 0.15) is 28.3 Å². The molecule has 0 aromatic heterocycles. The molecule has 0 fully saturated rings. The number of carbonyl (C=O) groups is 2. The fraction of sp³-hybridized carbons (Fsp3) is 0.111. The van der Waals surface area contributed by atoms with Gasteiger partial charge < -0.3 is 0 Å². The van der Waals surface area contributed by atoms with E-state index in [2.05, 4.69) is 6.58 Å². The highest BCUT2D eigenvalue weighted by Gasteiger charge is 2.20. The van der Waals surface area contributed by atoms with Crippen molar-refractivity contribution < 1.29 is 9.59 Å². The zero-order chi connectivity index (χ0) is 14.4. The van der Waals surface area contributed by atoms with Crippen molar-refractivity contribution in [3.05, 3.63) is 84.4 Å². The van der Waals surface area contributed by atoms with Crippen molar-refractivity contribution in [3.8, 4) is 0 Å². The second-order valence-electron chi connectivity index (χ2n) is 4.58.